The van der Waals surface area contributed by atoms with Gasteiger partial charge in [0.05, 0.1) is 5.02 Å². The van der Waals surface area contributed by atoms with Crippen molar-refractivity contribution in [1.29, 1.82) is 0 Å². The zero-order valence-electron chi connectivity index (χ0n) is 9.75. The topological polar surface area (TPSA) is 12.0 Å². The number of nitrogens with one attached hydrogen (secondary N) is 1. The van der Waals surface area contributed by atoms with Crippen LogP contribution in [-0.2, 0) is 0 Å². The molecular formula is C14H12ClF2N. The molecule has 2 aromatic carbocycles. The molecule has 4 heteroatoms. The minimum Gasteiger partial charge on any atom is -0.378 e. The third kappa shape index (κ3) is 2.99. The van der Waals surface area contributed by atoms with Gasteiger partial charge in [0.15, 0.2) is 0 Å². The van der Waals surface area contributed by atoms with Crippen LogP contribution in [0.25, 0.3) is 0 Å². The Bertz CT molecular complexity index is 557. The Hall–Kier alpha value is -1.61. The molecule has 1 N–H and O–H groups in total. The van der Waals surface area contributed by atoms with Crippen LogP contribution in [0.15, 0.2) is 42.5 Å². The maximum atomic E-state index is 13.3. The van der Waals surface area contributed by atoms with Crippen molar-refractivity contribution < 1.29 is 8.78 Å². The molecule has 0 saturated carbocycles. The van der Waals surface area contributed by atoms with Gasteiger partial charge in [-0.25, -0.2) is 8.78 Å². The maximum Gasteiger partial charge on any atom is 0.142 e. The molecule has 0 amide bonds. The lowest BCUT2D eigenvalue weighted by Crippen LogP contribution is -2.07. The van der Waals surface area contributed by atoms with E-state index in [2.05, 4.69) is 5.32 Å². The number of halogens is 3. The fraction of sp³-hybridized carbons (Fsp3) is 0.143. The largest absolute Gasteiger partial charge is 0.378 e. The molecule has 0 aliphatic carbocycles. The molecule has 0 aliphatic rings. The van der Waals surface area contributed by atoms with Crippen LogP contribution in [-0.4, -0.2) is 0 Å². The lowest BCUT2D eigenvalue weighted by atomic mass is 10.1. The summed E-state index contributed by atoms with van der Waals surface area (Å²) in [6.07, 6.45) is 0. The zero-order chi connectivity index (χ0) is 13.1. The average molecular weight is 268 g/mol. The SMILES string of the molecule is CC(Nc1cccc(F)c1)c1ccc(Cl)c(F)c1. The van der Waals surface area contributed by atoms with Crippen molar-refractivity contribution in [3.8, 4) is 0 Å². The van der Waals surface area contributed by atoms with E-state index in [1.54, 1.807) is 18.2 Å². The molecule has 0 fully saturated rings. The van der Waals surface area contributed by atoms with Gasteiger partial charge in [-0.2, -0.15) is 0 Å². The van der Waals surface area contributed by atoms with Gasteiger partial charge < -0.3 is 5.32 Å². The first-order chi connectivity index (χ1) is 8.56. The molecule has 0 heterocycles. The number of rotatable bonds is 3. The molecule has 1 nitrogen and oxygen atoms in total. The van der Waals surface area contributed by atoms with E-state index < -0.39 is 5.82 Å². The molecule has 2 rings (SSSR count). The van der Waals surface area contributed by atoms with Crippen LogP contribution in [0.2, 0.25) is 5.02 Å². The van der Waals surface area contributed by atoms with Gasteiger partial charge in [-0.1, -0.05) is 23.7 Å². The van der Waals surface area contributed by atoms with Crippen molar-refractivity contribution in [2.24, 2.45) is 0 Å². The average Bonchev–Trinajstić information content (AvgIpc) is 2.32. The van der Waals surface area contributed by atoms with Gasteiger partial charge in [-0.3, -0.25) is 0 Å². The Labute approximate surface area is 109 Å². The van der Waals surface area contributed by atoms with Crippen molar-refractivity contribution >= 4 is 17.3 Å². The van der Waals surface area contributed by atoms with E-state index in [0.29, 0.717) is 5.69 Å². The van der Waals surface area contributed by atoms with Gasteiger partial charge in [0.2, 0.25) is 0 Å². The highest BCUT2D eigenvalue weighted by Gasteiger charge is 2.08. The van der Waals surface area contributed by atoms with Crippen molar-refractivity contribution in [3.63, 3.8) is 0 Å². The summed E-state index contributed by atoms with van der Waals surface area (Å²) >= 11 is 5.62. The quantitative estimate of drug-likeness (QED) is 0.843. The second-order valence-corrected chi connectivity index (χ2v) is 4.46. The molecule has 0 spiro atoms. The molecule has 18 heavy (non-hydrogen) atoms. The number of benzene rings is 2. The molecule has 0 bridgehead atoms. The van der Waals surface area contributed by atoms with Crippen LogP contribution >= 0.6 is 11.6 Å². The number of hydrogen-bond acceptors (Lipinski definition) is 1. The van der Waals surface area contributed by atoms with E-state index in [0.717, 1.165) is 5.56 Å². The third-order valence-electron chi connectivity index (χ3n) is 2.65. The van der Waals surface area contributed by atoms with Gasteiger partial charge >= 0.3 is 0 Å². The van der Waals surface area contributed by atoms with Crippen LogP contribution in [0.5, 0.6) is 0 Å². The first-order valence-electron chi connectivity index (χ1n) is 5.53. The highest BCUT2D eigenvalue weighted by molar-refractivity contribution is 6.30. The van der Waals surface area contributed by atoms with Crippen molar-refractivity contribution in [1.82, 2.24) is 0 Å². The Morgan fingerprint density at radius 2 is 1.89 bits per heavy atom. The number of anilines is 1. The van der Waals surface area contributed by atoms with Gasteiger partial charge in [-0.05, 0) is 42.8 Å². The fourth-order valence-electron chi connectivity index (χ4n) is 1.69. The normalized spacial score (nSPS) is 12.2. The lowest BCUT2D eigenvalue weighted by Gasteiger charge is -2.16. The molecular weight excluding hydrogens is 256 g/mol. The van der Waals surface area contributed by atoms with Crippen LogP contribution in [0.1, 0.15) is 18.5 Å². The van der Waals surface area contributed by atoms with E-state index in [9.17, 15) is 8.78 Å². The first kappa shape index (κ1) is 12.8. The van der Waals surface area contributed by atoms with Crippen molar-refractivity contribution in [2.45, 2.75) is 13.0 Å². The lowest BCUT2D eigenvalue weighted by molar-refractivity contribution is 0.623. The Kier molecular flexibility index (Phi) is 3.82. The van der Waals surface area contributed by atoms with Gasteiger partial charge in [0.25, 0.3) is 0 Å². The van der Waals surface area contributed by atoms with E-state index in [1.165, 1.54) is 24.3 Å². The van der Waals surface area contributed by atoms with E-state index in [-0.39, 0.29) is 16.9 Å². The maximum absolute atomic E-state index is 13.3. The molecule has 0 radical (unpaired) electrons. The molecule has 1 atom stereocenters. The van der Waals surface area contributed by atoms with Crippen molar-refractivity contribution in [3.05, 3.63) is 64.7 Å². The van der Waals surface area contributed by atoms with E-state index in [1.807, 2.05) is 6.92 Å². The van der Waals surface area contributed by atoms with Gasteiger partial charge in [-0.15, -0.1) is 0 Å². The summed E-state index contributed by atoms with van der Waals surface area (Å²) in [5, 5.41) is 3.19. The van der Waals surface area contributed by atoms with E-state index >= 15 is 0 Å². The smallest absolute Gasteiger partial charge is 0.142 e. The monoisotopic (exact) mass is 267 g/mol. The van der Waals surface area contributed by atoms with Crippen LogP contribution < -0.4 is 5.32 Å². The molecule has 94 valence electrons. The zero-order valence-corrected chi connectivity index (χ0v) is 10.5. The highest BCUT2D eigenvalue weighted by Crippen LogP contribution is 2.23. The summed E-state index contributed by atoms with van der Waals surface area (Å²) in [5.41, 5.74) is 1.40. The summed E-state index contributed by atoms with van der Waals surface area (Å²) in [6.45, 7) is 1.87. The van der Waals surface area contributed by atoms with Crippen LogP contribution in [0, 0.1) is 11.6 Å². The molecule has 2 aromatic rings. The minimum atomic E-state index is -0.456. The van der Waals surface area contributed by atoms with Gasteiger partial charge in [0.1, 0.15) is 11.6 Å². The molecule has 1 unspecified atom stereocenters. The molecule has 0 aliphatic heterocycles. The van der Waals surface area contributed by atoms with Crippen LogP contribution in [0.3, 0.4) is 0 Å². The Morgan fingerprint density at radius 1 is 1.11 bits per heavy atom. The molecule has 0 aromatic heterocycles. The summed E-state index contributed by atoms with van der Waals surface area (Å²) < 4.78 is 26.3. The fourth-order valence-corrected chi connectivity index (χ4v) is 1.81. The van der Waals surface area contributed by atoms with Crippen molar-refractivity contribution in [2.75, 3.05) is 5.32 Å². The standard InChI is InChI=1S/C14H12ClF2N/c1-9(10-5-6-13(15)14(17)7-10)18-12-4-2-3-11(16)8-12/h2-9,18H,1H3. The predicted octanol–water partition coefficient (Wildman–Crippen LogP) is 4.79. The summed E-state index contributed by atoms with van der Waals surface area (Å²) in [6, 6.07) is 10.6. The summed E-state index contributed by atoms with van der Waals surface area (Å²) in [7, 11) is 0. The van der Waals surface area contributed by atoms with E-state index in [4.69, 9.17) is 11.6 Å². The summed E-state index contributed by atoms with van der Waals surface area (Å²) in [4.78, 5) is 0. The Morgan fingerprint density at radius 3 is 2.56 bits per heavy atom. The third-order valence-corrected chi connectivity index (χ3v) is 2.96. The van der Waals surface area contributed by atoms with Gasteiger partial charge in [0, 0.05) is 11.7 Å². The highest BCUT2D eigenvalue weighted by atomic mass is 35.5. The minimum absolute atomic E-state index is 0.0942. The second-order valence-electron chi connectivity index (χ2n) is 4.05. The van der Waals surface area contributed by atoms with Crippen LogP contribution in [0.4, 0.5) is 14.5 Å². The predicted molar refractivity (Wildman–Crippen MR) is 69.8 cm³/mol. The summed E-state index contributed by atoms with van der Waals surface area (Å²) in [5.74, 6) is -0.767. The second kappa shape index (κ2) is 5.36. The Balaban J connectivity index is 2.16. The number of hydrogen-bond donors (Lipinski definition) is 1. The molecule has 0 saturated heterocycles. The first-order valence-corrected chi connectivity index (χ1v) is 5.91.